The minimum Gasteiger partial charge on any atom is -0.347 e. The first kappa shape index (κ1) is 11.0. The summed E-state index contributed by atoms with van der Waals surface area (Å²) in [4.78, 5) is 4.30. The van der Waals surface area contributed by atoms with Crippen molar-refractivity contribution in [3.63, 3.8) is 0 Å². The first-order valence-electron chi connectivity index (χ1n) is 5.97. The van der Waals surface area contributed by atoms with Crippen molar-refractivity contribution in [2.24, 2.45) is 0 Å². The Morgan fingerprint density at radius 1 is 1.11 bits per heavy atom. The Kier molecular flexibility index (Phi) is 2.81. The molecule has 1 aromatic carbocycles. The highest BCUT2D eigenvalue weighted by atomic mass is 19.1. The zero-order chi connectivity index (χ0) is 12.4. The van der Waals surface area contributed by atoms with Gasteiger partial charge in [-0.3, -0.25) is 4.98 Å². The number of rotatable bonds is 3. The molecule has 0 spiro atoms. The molecule has 0 N–H and O–H groups in total. The zero-order valence-corrected chi connectivity index (χ0v) is 9.88. The van der Waals surface area contributed by atoms with E-state index in [1.807, 2.05) is 36.5 Å². The van der Waals surface area contributed by atoms with E-state index in [9.17, 15) is 4.39 Å². The lowest BCUT2D eigenvalue weighted by atomic mass is 10.2. The van der Waals surface area contributed by atoms with Gasteiger partial charge in [-0.25, -0.2) is 4.39 Å². The minimum absolute atomic E-state index is 0.190. The van der Waals surface area contributed by atoms with Crippen LogP contribution in [-0.2, 0) is 13.0 Å². The van der Waals surface area contributed by atoms with Crippen LogP contribution in [0.5, 0.6) is 0 Å². The summed E-state index contributed by atoms with van der Waals surface area (Å²) in [6.45, 7) is 0.853. The lowest BCUT2D eigenvalue weighted by Gasteiger charge is -2.05. The summed E-state index contributed by atoms with van der Waals surface area (Å²) in [5.41, 5.74) is 2.13. The van der Waals surface area contributed by atoms with Crippen molar-refractivity contribution in [2.45, 2.75) is 13.0 Å². The van der Waals surface area contributed by atoms with Crippen LogP contribution in [0.2, 0.25) is 0 Å². The molecule has 0 aliphatic rings. The average Bonchev–Trinajstić information content (AvgIpc) is 2.80. The zero-order valence-electron chi connectivity index (χ0n) is 9.88. The van der Waals surface area contributed by atoms with E-state index in [0.717, 1.165) is 29.6 Å². The molecule has 0 unspecified atom stereocenters. The number of pyridine rings is 1. The number of fused-ring (bicyclic) bond motifs is 1. The monoisotopic (exact) mass is 240 g/mol. The summed E-state index contributed by atoms with van der Waals surface area (Å²) < 4.78 is 15.2. The van der Waals surface area contributed by atoms with Crippen LogP contribution in [0.1, 0.15) is 5.69 Å². The van der Waals surface area contributed by atoms with Crippen LogP contribution in [0.15, 0.2) is 54.9 Å². The van der Waals surface area contributed by atoms with Gasteiger partial charge in [0.15, 0.2) is 0 Å². The van der Waals surface area contributed by atoms with Crippen molar-refractivity contribution in [3.8, 4) is 0 Å². The Morgan fingerprint density at radius 2 is 2.06 bits per heavy atom. The van der Waals surface area contributed by atoms with Gasteiger partial charge in [0.1, 0.15) is 5.82 Å². The van der Waals surface area contributed by atoms with Crippen LogP contribution >= 0.6 is 0 Å². The second-order valence-electron chi connectivity index (χ2n) is 4.28. The molecule has 0 fully saturated rings. The molecule has 0 amide bonds. The molecular weight excluding hydrogens is 227 g/mol. The molecule has 0 atom stereocenters. The van der Waals surface area contributed by atoms with E-state index in [1.165, 1.54) is 6.07 Å². The fourth-order valence-corrected chi connectivity index (χ4v) is 2.15. The number of nitrogens with zero attached hydrogens (tertiary/aromatic N) is 2. The SMILES string of the molecule is Fc1ccc2c(ccn2CCc2ccccn2)c1. The van der Waals surface area contributed by atoms with E-state index in [-0.39, 0.29) is 5.82 Å². The van der Waals surface area contributed by atoms with Gasteiger partial charge in [0.25, 0.3) is 0 Å². The fraction of sp³-hybridized carbons (Fsp3) is 0.133. The largest absolute Gasteiger partial charge is 0.347 e. The molecule has 0 aliphatic heterocycles. The normalized spacial score (nSPS) is 10.9. The second kappa shape index (κ2) is 4.61. The summed E-state index contributed by atoms with van der Waals surface area (Å²) in [6.07, 6.45) is 4.67. The van der Waals surface area contributed by atoms with Gasteiger partial charge in [0.05, 0.1) is 0 Å². The molecule has 3 rings (SSSR count). The Balaban J connectivity index is 1.83. The molecule has 0 aliphatic carbocycles. The summed E-state index contributed by atoms with van der Waals surface area (Å²) >= 11 is 0. The van der Waals surface area contributed by atoms with Crippen molar-refractivity contribution in [1.29, 1.82) is 0 Å². The smallest absolute Gasteiger partial charge is 0.123 e. The summed E-state index contributed by atoms with van der Waals surface area (Å²) in [5.74, 6) is -0.190. The van der Waals surface area contributed by atoms with E-state index < -0.39 is 0 Å². The molecule has 2 heterocycles. The predicted octanol–water partition coefficient (Wildman–Crippen LogP) is 3.42. The van der Waals surface area contributed by atoms with Crippen LogP contribution in [0, 0.1) is 5.82 Å². The van der Waals surface area contributed by atoms with E-state index in [0.29, 0.717) is 0 Å². The van der Waals surface area contributed by atoms with Crippen LogP contribution < -0.4 is 0 Å². The third kappa shape index (κ3) is 2.12. The lowest BCUT2D eigenvalue weighted by Crippen LogP contribution is -2.00. The average molecular weight is 240 g/mol. The van der Waals surface area contributed by atoms with Gasteiger partial charge in [-0.15, -0.1) is 0 Å². The number of hydrogen-bond donors (Lipinski definition) is 0. The van der Waals surface area contributed by atoms with Gasteiger partial charge in [-0.1, -0.05) is 6.07 Å². The first-order valence-corrected chi connectivity index (χ1v) is 5.97. The molecule has 2 nitrogen and oxygen atoms in total. The van der Waals surface area contributed by atoms with Gasteiger partial charge in [-0.2, -0.15) is 0 Å². The van der Waals surface area contributed by atoms with Gasteiger partial charge < -0.3 is 4.57 Å². The number of benzene rings is 1. The lowest BCUT2D eigenvalue weighted by molar-refractivity contribution is 0.629. The Labute approximate surface area is 105 Å². The van der Waals surface area contributed by atoms with Gasteiger partial charge >= 0.3 is 0 Å². The Morgan fingerprint density at radius 3 is 2.89 bits per heavy atom. The number of aromatic nitrogens is 2. The van der Waals surface area contributed by atoms with E-state index in [4.69, 9.17) is 0 Å². The van der Waals surface area contributed by atoms with Gasteiger partial charge in [-0.05, 0) is 36.4 Å². The topological polar surface area (TPSA) is 17.8 Å². The standard InChI is InChI=1S/C15H13FN2/c16-13-4-5-15-12(11-13)6-9-18(15)10-7-14-3-1-2-8-17-14/h1-6,8-9,11H,7,10H2. The van der Waals surface area contributed by atoms with E-state index in [2.05, 4.69) is 9.55 Å². The summed E-state index contributed by atoms with van der Waals surface area (Å²) in [6, 6.07) is 12.8. The third-order valence-electron chi connectivity index (χ3n) is 3.07. The minimum atomic E-state index is -0.190. The number of halogens is 1. The maximum Gasteiger partial charge on any atom is 0.123 e. The quantitative estimate of drug-likeness (QED) is 0.686. The van der Waals surface area contributed by atoms with Crippen LogP contribution in [-0.4, -0.2) is 9.55 Å². The molecule has 3 aromatic rings. The molecule has 0 bridgehead atoms. The molecule has 18 heavy (non-hydrogen) atoms. The van der Waals surface area contributed by atoms with Crippen molar-refractivity contribution in [3.05, 3.63) is 66.4 Å². The van der Waals surface area contributed by atoms with Crippen LogP contribution in [0.25, 0.3) is 10.9 Å². The Bertz CT molecular complexity index is 659. The maximum atomic E-state index is 13.1. The van der Waals surface area contributed by atoms with Gasteiger partial charge in [0.2, 0.25) is 0 Å². The highest BCUT2D eigenvalue weighted by Crippen LogP contribution is 2.17. The van der Waals surface area contributed by atoms with Crippen LogP contribution in [0.4, 0.5) is 4.39 Å². The third-order valence-corrected chi connectivity index (χ3v) is 3.07. The molecule has 2 aromatic heterocycles. The fourth-order valence-electron chi connectivity index (χ4n) is 2.15. The van der Waals surface area contributed by atoms with E-state index in [1.54, 1.807) is 12.3 Å². The number of hydrogen-bond acceptors (Lipinski definition) is 1. The Hall–Kier alpha value is -2.16. The molecule has 3 heteroatoms. The van der Waals surface area contributed by atoms with E-state index >= 15 is 0 Å². The highest BCUT2D eigenvalue weighted by molar-refractivity contribution is 5.80. The first-order chi connectivity index (χ1) is 8.83. The summed E-state index contributed by atoms with van der Waals surface area (Å²) in [5, 5.41) is 0.941. The molecular formula is C15H13FN2. The van der Waals surface area contributed by atoms with Crippen molar-refractivity contribution < 1.29 is 4.39 Å². The van der Waals surface area contributed by atoms with Crippen molar-refractivity contribution >= 4 is 10.9 Å². The van der Waals surface area contributed by atoms with Crippen molar-refractivity contribution in [2.75, 3.05) is 0 Å². The molecule has 0 saturated carbocycles. The van der Waals surface area contributed by atoms with Gasteiger partial charge in [0, 0.05) is 42.0 Å². The van der Waals surface area contributed by atoms with Crippen molar-refractivity contribution in [1.82, 2.24) is 9.55 Å². The highest BCUT2D eigenvalue weighted by Gasteiger charge is 2.02. The molecule has 90 valence electrons. The predicted molar refractivity (Wildman–Crippen MR) is 69.8 cm³/mol. The molecule has 0 radical (unpaired) electrons. The summed E-state index contributed by atoms with van der Waals surface area (Å²) in [7, 11) is 0. The number of aryl methyl sites for hydroxylation is 2. The van der Waals surface area contributed by atoms with Crippen LogP contribution in [0.3, 0.4) is 0 Å². The molecule has 0 saturated heterocycles. The maximum absolute atomic E-state index is 13.1. The second-order valence-corrected chi connectivity index (χ2v) is 4.28.